The molecule has 3 rings (SSSR count). The Morgan fingerprint density at radius 2 is 1.78 bits per heavy atom. The summed E-state index contributed by atoms with van der Waals surface area (Å²) in [6.45, 7) is 6.88. The van der Waals surface area contributed by atoms with E-state index >= 15 is 0 Å². The number of rotatable bonds is 3. The van der Waals surface area contributed by atoms with Crippen molar-refractivity contribution in [2.24, 2.45) is 5.73 Å². The summed E-state index contributed by atoms with van der Waals surface area (Å²) in [5.41, 5.74) is 6.03. The van der Waals surface area contributed by atoms with E-state index < -0.39 is 18.0 Å². The van der Waals surface area contributed by atoms with E-state index in [0.717, 1.165) is 17.4 Å². The van der Waals surface area contributed by atoms with Crippen LogP contribution in [0.25, 0.3) is 10.8 Å². The number of carbonyl (C=O) groups excluding carboxylic acids is 2. The standard InChI is InChI=1S/C20H23NO5.ClH/c1-11(21)19(23)25-17-14-8-6-5-7-13(14)16-15(18(17)24-12(2)22)9-10-20(3,4)26-16;/h5-8,11H,9-10,21H2,1-4H3;1H/t11-;/m0./s1. The average Bonchev–Trinajstić information content (AvgIpc) is 2.56. The van der Waals surface area contributed by atoms with E-state index in [9.17, 15) is 9.59 Å². The SMILES string of the molecule is CC(=O)Oc1c2c(c3ccccc3c1OC(=O)[C@H](C)N)OC(C)(C)CC2.Cl. The minimum absolute atomic E-state index is 0. The molecule has 2 aromatic carbocycles. The Bertz CT molecular complexity index is 892. The Morgan fingerprint density at radius 3 is 2.37 bits per heavy atom. The number of carbonyl (C=O) groups is 2. The van der Waals surface area contributed by atoms with Crippen LogP contribution in [-0.2, 0) is 16.0 Å². The van der Waals surface area contributed by atoms with Gasteiger partial charge < -0.3 is 19.9 Å². The minimum atomic E-state index is -0.801. The maximum absolute atomic E-state index is 12.1. The fraction of sp³-hybridized carbons (Fsp3) is 0.400. The lowest BCUT2D eigenvalue weighted by Crippen LogP contribution is -2.33. The van der Waals surface area contributed by atoms with Crippen LogP contribution in [0.15, 0.2) is 24.3 Å². The third kappa shape index (κ3) is 4.17. The molecule has 0 aliphatic carbocycles. The van der Waals surface area contributed by atoms with Crippen molar-refractivity contribution in [2.75, 3.05) is 0 Å². The van der Waals surface area contributed by atoms with Crippen LogP contribution in [0.3, 0.4) is 0 Å². The van der Waals surface area contributed by atoms with E-state index in [1.54, 1.807) is 13.0 Å². The van der Waals surface area contributed by atoms with E-state index in [2.05, 4.69) is 0 Å². The first kappa shape index (κ1) is 21.0. The zero-order valence-corrected chi connectivity index (χ0v) is 16.6. The van der Waals surface area contributed by atoms with Crippen LogP contribution < -0.4 is 19.9 Å². The molecule has 2 N–H and O–H groups in total. The van der Waals surface area contributed by atoms with Crippen LogP contribution >= 0.6 is 12.4 Å². The predicted octanol–water partition coefficient (Wildman–Crippen LogP) is 3.54. The first-order valence-corrected chi connectivity index (χ1v) is 8.62. The van der Waals surface area contributed by atoms with Gasteiger partial charge in [-0.1, -0.05) is 24.3 Å². The van der Waals surface area contributed by atoms with Crippen molar-refractivity contribution in [3.63, 3.8) is 0 Å². The van der Waals surface area contributed by atoms with Crippen molar-refractivity contribution in [1.29, 1.82) is 0 Å². The predicted molar refractivity (Wildman–Crippen MR) is 105 cm³/mol. The van der Waals surface area contributed by atoms with Gasteiger partial charge in [-0.05, 0) is 33.6 Å². The second kappa shape index (κ2) is 7.74. The van der Waals surface area contributed by atoms with E-state index in [1.807, 2.05) is 32.0 Å². The van der Waals surface area contributed by atoms with Crippen LogP contribution in [0, 0.1) is 0 Å². The van der Waals surface area contributed by atoms with Crippen LogP contribution in [-0.4, -0.2) is 23.6 Å². The van der Waals surface area contributed by atoms with E-state index in [1.165, 1.54) is 6.92 Å². The molecule has 0 saturated carbocycles. The van der Waals surface area contributed by atoms with Gasteiger partial charge >= 0.3 is 11.9 Å². The highest BCUT2D eigenvalue weighted by atomic mass is 35.5. The van der Waals surface area contributed by atoms with Crippen LogP contribution in [0.4, 0.5) is 0 Å². The minimum Gasteiger partial charge on any atom is -0.487 e. The first-order chi connectivity index (χ1) is 12.2. The van der Waals surface area contributed by atoms with Gasteiger partial charge in [-0.25, -0.2) is 4.79 Å². The molecule has 0 bridgehead atoms. The molecule has 0 spiro atoms. The Labute approximate surface area is 164 Å². The summed E-state index contributed by atoms with van der Waals surface area (Å²) in [6, 6.07) is 6.61. The molecular weight excluding hydrogens is 370 g/mol. The highest BCUT2D eigenvalue weighted by Crippen LogP contribution is 2.50. The average molecular weight is 394 g/mol. The fourth-order valence-electron chi connectivity index (χ4n) is 3.05. The van der Waals surface area contributed by atoms with Gasteiger partial charge in [0.25, 0.3) is 0 Å². The summed E-state index contributed by atoms with van der Waals surface area (Å²) in [6.07, 6.45) is 1.38. The number of nitrogens with two attached hydrogens (primary N) is 1. The molecular formula is C20H24ClNO5. The highest BCUT2D eigenvalue weighted by molar-refractivity contribution is 6.00. The number of ether oxygens (including phenoxy) is 3. The van der Waals surface area contributed by atoms with Crippen molar-refractivity contribution >= 4 is 35.1 Å². The van der Waals surface area contributed by atoms with Crippen molar-refractivity contribution in [2.45, 2.75) is 52.2 Å². The van der Waals surface area contributed by atoms with Gasteiger partial charge in [0.1, 0.15) is 17.4 Å². The van der Waals surface area contributed by atoms with Crippen LogP contribution in [0.5, 0.6) is 17.2 Å². The van der Waals surface area contributed by atoms with Gasteiger partial charge in [0.2, 0.25) is 0 Å². The van der Waals surface area contributed by atoms with Crippen LogP contribution in [0.1, 0.15) is 39.7 Å². The number of fused-ring (bicyclic) bond motifs is 3. The fourth-order valence-corrected chi connectivity index (χ4v) is 3.05. The zero-order valence-electron chi connectivity index (χ0n) is 15.8. The molecule has 0 aromatic heterocycles. The number of halogens is 1. The maximum atomic E-state index is 12.1. The lowest BCUT2D eigenvalue weighted by Gasteiger charge is -2.34. The van der Waals surface area contributed by atoms with Crippen molar-refractivity contribution < 1.29 is 23.8 Å². The topological polar surface area (TPSA) is 87.9 Å². The normalized spacial score (nSPS) is 15.7. The van der Waals surface area contributed by atoms with Crippen LogP contribution in [0.2, 0.25) is 0 Å². The number of hydrogen-bond donors (Lipinski definition) is 1. The maximum Gasteiger partial charge on any atom is 0.328 e. The van der Waals surface area contributed by atoms with Crippen molar-refractivity contribution in [3.8, 4) is 17.2 Å². The molecule has 7 heteroatoms. The Morgan fingerprint density at radius 1 is 1.15 bits per heavy atom. The van der Waals surface area contributed by atoms with Crippen molar-refractivity contribution in [3.05, 3.63) is 29.8 Å². The summed E-state index contributed by atoms with van der Waals surface area (Å²) in [5, 5.41) is 1.44. The highest BCUT2D eigenvalue weighted by Gasteiger charge is 2.34. The Balaban J connectivity index is 0.00000261. The molecule has 6 nitrogen and oxygen atoms in total. The summed E-state index contributed by atoms with van der Waals surface area (Å²) < 4.78 is 17.2. The molecule has 1 heterocycles. The van der Waals surface area contributed by atoms with Gasteiger partial charge in [0, 0.05) is 23.3 Å². The molecule has 1 aliphatic heterocycles. The summed E-state index contributed by atoms with van der Waals surface area (Å²) in [7, 11) is 0. The molecule has 146 valence electrons. The largest absolute Gasteiger partial charge is 0.487 e. The Kier molecular flexibility index (Phi) is 6.02. The molecule has 0 fully saturated rings. The van der Waals surface area contributed by atoms with Gasteiger partial charge in [-0.3, -0.25) is 4.79 Å². The number of benzene rings is 2. The number of esters is 2. The summed E-state index contributed by atoms with van der Waals surface area (Å²) >= 11 is 0. The molecule has 2 aromatic rings. The summed E-state index contributed by atoms with van der Waals surface area (Å²) in [4.78, 5) is 23.9. The lowest BCUT2D eigenvalue weighted by molar-refractivity contribution is -0.136. The van der Waals surface area contributed by atoms with E-state index in [4.69, 9.17) is 19.9 Å². The quantitative estimate of drug-likeness (QED) is 0.633. The number of hydrogen-bond acceptors (Lipinski definition) is 6. The smallest absolute Gasteiger partial charge is 0.328 e. The summed E-state index contributed by atoms with van der Waals surface area (Å²) in [5.74, 6) is 0.00975. The van der Waals surface area contributed by atoms with E-state index in [0.29, 0.717) is 17.6 Å². The monoisotopic (exact) mass is 393 g/mol. The van der Waals surface area contributed by atoms with Gasteiger partial charge in [0.15, 0.2) is 11.5 Å². The third-order valence-corrected chi connectivity index (χ3v) is 4.35. The second-order valence-electron chi connectivity index (χ2n) is 7.18. The molecule has 27 heavy (non-hydrogen) atoms. The van der Waals surface area contributed by atoms with Gasteiger partial charge in [0.05, 0.1) is 0 Å². The third-order valence-electron chi connectivity index (χ3n) is 4.35. The molecule has 0 radical (unpaired) electrons. The van der Waals surface area contributed by atoms with E-state index in [-0.39, 0.29) is 29.5 Å². The zero-order chi connectivity index (χ0) is 19.1. The van der Waals surface area contributed by atoms with Gasteiger partial charge in [-0.15, -0.1) is 12.4 Å². The second-order valence-corrected chi connectivity index (χ2v) is 7.18. The first-order valence-electron chi connectivity index (χ1n) is 8.62. The van der Waals surface area contributed by atoms with Gasteiger partial charge in [-0.2, -0.15) is 0 Å². The molecule has 1 aliphatic rings. The molecule has 0 amide bonds. The Hall–Kier alpha value is -2.31. The molecule has 0 unspecified atom stereocenters. The molecule has 1 atom stereocenters. The molecule has 0 saturated heterocycles. The lowest BCUT2D eigenvalue weighted by atomic mass is 9.91. The van der Waals surface area contributed by atoms with Crippen molar-refractivity contribution in [1.82, 2.24) is 0 Å².